The Balaban J connectivity index is 1.82. The number of carbonyl (C=O) groups excluding carboxylic acids is 1. The molecule has 1 saturated heterocycles. The molecule has 2 amide bonds. The second-order valence-corrected chi connectivity index (χ2v) is 17.4. The summed E-state index contributed by atoms with van der Waals surface area (Å²) in [7, 11) is -3.01. The number of aliphatic imine (C=N–C) groups is 1. The zero-order valence-electron chi connectivity index (χ0n) is 30.5. The number of rotatable bonds is 12. The van der Waals surface area contributed by atoms with Gasteiger partial charge in [0, 0.05) is 55.4 Å². The van der Waals surface area contributed by atoms with Crippen molar-refractivity contribution in [2.45, 2.75) is 65.3 Å². The van der Waals surface area contributed by atoms with Crippen molar-refractivity contribution in [2.75, 3.05) is 57.9 Å². The lowest BCUT2D eigenvalue weighted by Crippen LogP contribution is -2.54. The van der Waals surface area contributed by atoms with Crippen LogP contribution in [-0.2, 0) is 27.2 Å². The van der Waals surface area contributed by atoms with E-state index in [-0.39, 0.29) is 17.2 Å². The minimum atomic E-state index is -3.01. The molecule has 0 saturated carbocycles. The molecular formula is C39H52Cl2N4O4S. The largest absolute Gasteiger partial charge is 0.493 e. The molecule has 0 aliphatic carbocycles. The summed E-state index contributed by atoms with van der Waals surface area (Å²) in [4.78, 5) is 26.0. The third-order valence-corrected chi connectivity index (χ3v) is 10.6. The minimum Gasteiger partial charge on any atom is -0.493 e. The van der Waals surface area contributed by atoms with E-state index >= 15 is 0 Å². The first-order chi connectivity index (χ1) is 23.5. The number of urea groups is 1. The average Bonchev–Trinajstić information content (AvgIpc) is 3.05. The van der Waals surface area contributed by atoms with E-state index in [2.05, 4.69) is 44.7 Å². The molecule has 11 heteroatoms. The van der Waals surface area contributed by atoms with Crippen LogP contribution in [0, 0.1) is 0 Å². The minimum absolute atomic E-state index is 0.116. The number of piperazine rings is 1. The van der Waals surface area contributed by atoms with Gasteiger partial charge in [-0.3, -0.25) is 14.8 Å². The maximum absolute atomic E-state index is 14.6. The number of hydrogen-bond acceptors (Lipinski definition) is 6. The summed E-state index contributed by atoms with van der Waals surface area (Å²) < 4.78 is 29.6. The van der Waals surface area contributed by atoms with E-state index in [1.54, 1.807) is 4.90 Å². The van der Waals surface area contributed by atoms with E-state index < -0.39 is 15.4 Å². The van der Waals surface area contributed by atoms with Crippen LogP contribution in [0.25, 0.3) is 0 Å². The van der Waals surface area contributed by atoms with Gasteiger partial charge in [0.15, 0.2) is 0 Å². The van der Waals surface area contributed by atoms with Gasteiger partial charge in [0.2, 0.25) is 0 Å². The number of amides is 2. The summed E-state index contributed by atoms with van der Waals surface area (Å²) in [6, 6.07) is 21.6. The number of amidine groups is 1. The van der Waals surface area contributed by atoms with Crippen LogP contribution in [0.2, 0.25) is 10.0 Å². The van der Waals surface area contributed by atoms with Gasteiger partial charge in [0.05, 0.1) is 23.5 Å². The van der Waals surface area contributed by atoms with Crippen molar-refractivity contribution in [1.29, 1.82) is 0 Å². The van der Waals surface area contributed by atoms with Crippen molar-refractivity contribution in [3.8, 4) is 5.75 Å². The number of halogens is 2. The van der Waals surface area contributed by atoms with E-state index in [9.17, 15) is 13.2 Å². The molecule has 1 heterocycles. The lowest BCUT2D eigenvalue weighted by atomic mass is 9.85. The van der Waals surface area contributed by atoms with Crippen molar-refractivity contribution in [2.24, 2.45) is 4.99 Å². The lowest BCUT2D eigenvalue weighted by molar-refractivity contribution is 0.126. The maximum Gasteiger partial charge on any atom is 0.325 e. The van der Waals surface area contributed by atoms with Crippen LogP contribution >= 0.6 is 23.2 Å². The number of carbonyl (C=O) groups is 1. The van der Waals surface area contributed by atoms with E-state index in [1.807, 2.05) is 73.3 Å². The molecule has 1 fully saturated rings. The molecule has 1 unspecified atom stereocenters. The third-order valence-electron chi connectivity index (χ3n) is 9.10. The molecule has 0 spiro atoms. The monoisotopic (exact) mass is 742 g/mol. The summed E-state index contributed by atoms with van der Waals surface area (Å²) in [5.74, 6) is 1.36. The van der Waals surface area contributed by atoms with Gasteiger partial charge in [-0.2, -0.15) is 0 Å². The lowest BCUT2D eigenvalue weighted by Gasteiger charge is -2.38. The molecule has 50 heavy (non-hydrogen) atoms. The van der Waals surface area contributed by atoms with Crippen molar-refractivity contribution >= 4 is 44.9 Å². The van der Waals surface area contributed by atoms with E-state index in [4.69, 9.17) is 32.9 Å². The highest BCUT2D eigenvalue weighted by Crippen LogP contribution is 2.35. The molecule has 0 N–H and O–H groups in total. The fourth-order valence-electron chi connectivity index (χ4n) is 6.22. The highest BCUT2D eigenvalue weighted by molar-refractivity contribution is 7.90. The molecule has 0 bridgehead atoms. The first-order valence-corrected chi connectivity index (χ1v) is 20.2. The predicted octanol–water partition coefficient (Wildman–Crippen LogP) is 8.09. The maximum atomic E-state index is 14.6. The predicted molar refractivity (Wildman–Crippen MR) is 207 cm³/mol. The Bertz CT molecular complexity index is 1730. The summed E-state index contributed by atoms with van der Waals surface area (Å²) in [5.41, 5.74) is 2.92. The number of nitrogens with zero attached hydrogens (tertiary/aromatic N) is 4. The van der Waals surface area contributed by atoms with Crippen LogP contribution in [0.5, 0.6) is 5.75 Å². The first kappa shape index (κ1) is 39.7. The second kappa shape index (κ2) is 16.9. The van der Waals surface area contributed by atoms with Crippen LogP contribution < -0.4 is 4.74 Å². The molecule has 3 aromatic rings. The summed E-state index contributed by atoms with van der Waals surface area (Å²) in [5, 5.41) is 1.29. The highest BCUT2D eigenvalue weighted by Gasteiger charge is 2.34. The third kappa shape index (κ3) is 10.7. The number of hydrogen-bond donors (Lipinski definition) is 0. The van der Waals surface area contributed by atoms with E-state index in [0.717, 1.165) is 22.3 Å². The fourth-order valence-corrected chi connectivity index (χ4v) is 7.13. The zero-order chi connectivity index (χ0) is 36.7. The van der Waals surface area contributed by atoms with Crippen molar-refractivity contribution in [3.05, 3.63) is 99.0 Å². The van der Waals surface area contributed by atoms with Gasteiger partial charge in [0.1, 0.15) is 21.4 Å². The number of ether oxygens (including phenoxy) is 1. The Labute approximate surface area is 309 Å². The van der Waals surface area contributed by atoms with Crippen molar-refractivity contribution in [3.63, 3.8) is 0 Å². The van der Waals surface area contributed by atoms with Gasteiger partial charge in [-0.15, -0.1) is 0 Å². The molecule has 1 aliphatic rings. The van der Waals surface area contributed by atoms with Gasteiger partial charge >= 0.3 is 6.03 Å². The standard InChI is InChI=1S/C39H52Cl2N4O4S/c1-8-45(37(46)44-24-22-43(23-25-44)21-10-26-50(7,47)48)36(34-20-15-31(38(3,4)5)27-35(34)49-9-2)42-39(6,30-13-18-33(41)19-14-30)28-29-11-16-32(40)17-12-29/h11-20,27H,8-10,21-26,28H2,1-7H3. The van der Waals surface area contributed by atoms with Crippen LogP contribution in [0.4, 0.5) is 4.79 Å². The Morgan fingerprint density at radius 3 is 2.00 bits per heavy atom. The van der Waals surface area contributed by atoms with E-state index in [0.29, 0.717) is 80.3 Å². The molecule has 4 rings (SSSR count). The van der Waals surface area contributed by atoms with Crippen molar-refractivity contribution < 1.29 is 17.9 Å². The van der Waals surface area contributed by atoms with E-state index in [1.165, 1.54) is 6.26 Å². The molecule has 3 aromatic carbocycles. The Morgan fingerprint density at radius 2 is 1.46 bits per heavy atom. The summed E-state index contributed by atoms with van der Waals surface area (Å²) in [6.07, 6.45) is 2.38. The molecule has 8 nitrogen and oxygen atoms in total. The van der Waals surface area contributed by atoms with Gasteiger partial charge in [-0.05, 0) is 92.2 Å². The van der Waals surface area contributed by atoms with Gasteiger partial charge < -0.3 is 9.64 Å². The van der Waals surface area contributed by atoms with Crippen LogP contribution in [-0.4, -0.2) is 92.9 Å². The molecular weight excluding hydrogens is 691 g/mol. The van der Waals surface area contributed by atoms with Crippen LogP contribution in [0.1, 0.15) is 70.2 Å². The second-order valence-electron chi connectivity index (χ2n) is 14.3. The van der Waals surface area contributed by atoms with Gasteiger partial charge in [-0.1, -0.05) is 74.3 Å². The van der Waals surface area contributed by atoms with Crippen LogP contribution in [0.3, 0.4) is 0 Å². The topological polar surface area (TPSA) is 82.5 Å². The fraction of sp³-hybridized carbons (Fsp3) is 0.487. The quantitative estimate of drug-likeness (QED) is 0.138. The SMILES string of the molecule is CCOc1cc(C(C)(C)C)ccc1C(=NC(C)(Cc1ccc(Cl)cc1)c1ccc(Cl)cc1)N(CC)C(=O)N1CCN(CCCS(C)(=O)=O)CC1. The molecule has 1 aliphatic heterocycles. The first-order valence-electron chi connectivity index (χ1n) is 17.4. The number of benzene rings is 3. The molecule has 0 aromatic heterocycles. The Hall–Kier alpha value is -3.11. The van der Waals surface area contributed by atoms with Gasteiger partial charge in [-0.25, -0.2) is 13.2 Å². The van der Waals surface area contributed by atoms with Crippen molar-refractivity contribution in [1.82, 2.24) is 14.7 Å². The van der Waals surface area contributed by atoms with Crippen LogP contribution in [0.15, 0.2) is 71.7 Å². The molecule has 0 radical (unpaired) electrons. The summed E-state index contributed by atoms with van der Waals surface area (Å²) >= 11 is 12.6. The zero-order valence-corrected chi connectivity index (χ0v) is 32.8. The number of sulfone groups is 1. The molecule has 1 atom stereocenters. The average molecular weight is 744 g/mol. The summed E-state index contributed by atoms with van der Waals surface area (Å²) in [6.45, 7) is 16.4. The Kier molecular flexibility index (Phi) is 13.4. The normalized spacial score (nSPS) is 15.9. The highest BCUT2D eigenvalue weighted by atomic mass is 35.5. The Morgan fingerprint density at radius 1 is 0.880 bits per heavy atom. The van der Waals surface area contributed by atoms with Gasteiger partial charge in [0.25, 0.3) is 0 Å². The smallest absolute Gasteiger partial charge is 0.325 e. The molecule has 272 valence electrons.